The Kier molecular flexibility index (Phi) is 4.19. The molecule has 1 aromatic heterocycles. The average Bonchev–Trinajstić information content (AvgIpc) is 2.83. The summed E-state index contributed by atoms with van der Waals surface area (Å²) in [4.78, 5) is 13.4. The number of ketones is 1. The molecule has 1 aliphatic rings. The van der Waals surface area contributed by atoms with E-state index in [1.165, 1.54) is 28.9 Å². The van der Waals surface area contributed by atoms with Gasteiger partial charge in [-0.05, 0) is 43.7 Å². The molecule has 1 aromatic carbocycles. The predicted molar refractivity (Wildman–Crippen MR) is 98.6 cm³/mol. The summed E-state index contributed by atoms with van der Waals surface area (Å²) < 4.78 is 26.5. The summed E-state index contributed by atoms with van der Waals surface area (Å²) in [6.45, 7) is 3.71. The Morgan fingerprint density at radius 2 is 1.83 bits per heavy atom. The molecule has 8 heteroatoms. The second-order valence-corrected chi connectivity index (χ2v) is 9.00. The first-order valence-electron chi connectivity index (χ1n) is 7.09. The average molecular weight is 383 g/mol. The van der Waals surface area contributed by atoms with Crippen molar-refractivity contribution in [3.8, 4) is 0 Å². The van der Waals surface area contributed by atoms with Gasteiger partial charge in [0.1, 0.15) is 5.00 Å². The van der Waals surface area contributed by atoms with Crippen molar-refractivity contribution in [1.29, 1.82) is 0 Å². The molecule has 126 valence electrons. The van der Waals surface area contributed by atoms with E-state index >= 15 is 0 Å². The number of carbonyl (C=O) groups excluding carboxylic acids is 1. The van der Waals surface area contributed by atoms with Gasteiger partial charge in [-0.3, -0.25) is 9.10 Å². The number of Topliss-reactive ketones (excluding diaryl/α,β-unsaturated/α-hetero) is 1. The summed E-state index contributed by atoms with van der Waals surface area (Å²) in [6.07, 6.45) is 1.24. The first-order valence-corrected chi connectivity index (χ1v) is 9.73. The van der Waals surface area contributed by atoms with Crippen LogP contribution in [0.15, 0.2) is 35.4 Å². The van der Waals surface area contributed by atoms with Crippen LogP contribution in [0.5, 0.6) is 0 Å². The van der Waals surface area contributed by atoms with Crippen molar-refractivity contribution in [2.24, 2.45) is 0 Å². The Morgan fingerprint density at radius 3 is 2.46 bits per heavy atom. The van der Waals surface area contributed by atoms with Crippen molar-refractivity contribution < 1.29 is 13.2 Å². The van der Waals surface area contributed by atoms with E-state index < -0.39 is 15.8 Å². The zero-order valence-corrected chi connectivity index (χ0v) is 15.6. The Balaban J connectivity index is 2.07. The molecule has 2 heterocycles. The van der Waals surface area contributed by atoms with E-state index in [1.807, 2.05) is 13.8 Å². The molecule has 0 amide bonds. The second-order valence-electron chi connectivity index (χ2n) is 5.42. The number of carbonyl (C=O) groups is 1. The normalized spacial score (nSPS) is 17.9. The molecule has 0 unspecified atom stereocenters. The largest absolute Gasteiger partial charge is 0.360 e. The number of thiophene rings is 1. The van der Waals surface area contributed by atoms with Crippen LogP contribution in [0, 0.1) is 13.8 Å². The lowest BCUT2D eigenvalue weighted by molar-refractivity contribution is 0.104. The molecule has 0 fully saturated rings. The fraction of sp³-hybridized carbons (Fsp3) is 0.188. The van der Waals surface area contributed by atoms with Crippen LogP contribution < -0.4 is 9.62 Å². The fourth-order valence-corrected chi connectivity index (χ4v) is 5.13. The molecular weight excluding hydrogens is 368 g/mol. The van der Waals surface area contributed by atoms with Crippen LogP contribution in [0.3, 0.4) is 0 Å². The van der Waals surface area contributed by atoms with Crippen LogP contribution in [-0.4, -0.2) is 21.2 Å². The van der Waals surface area contributed by atoms with Crippen molar-refractivity contribution in [3.05, 3.63) is 56.4 Å². The lowest BCUT2D eigenvalue weighted by Crippen LogP contribution is -2.36. The molecule has 1 N–H and O–H groups in total. The van der Waals surface area contributed by atoms with Crippen LogP contribution in [0.25, 0.3) is 0 Å². The number of hydrogen-bond acceptors (Lipinski definition) is 5. The summed E-state index contributed by atoms with van der Waals surface area (Å²) in [6, 6.07) is 6.76. The minimum atomic E-state index is -3.88. The molecule has 5 nitrogen and oxygen atoms in total. The number of nitrogens with zero attached hydrogens (tertiary/aromatic N) is 1. The molecule has 0 saturated carbocycles. The van der Waals surface area contributed by atoms with Gasteiger partial charge in [-0.1, -0.05) is 11.6 Å². The minimum Gasteiger partial charge on any atom is -0.360 e. The van der Waals surface area contributed by atoms with Gasteiger partial charge in [0.15, 0.2) is 4.91 Å². The van der Waals surface area contributed by atoms with Gasteiger partial charge in [-0.25, -0.2) is 8.42 Å². The molecule has 0 saturated heterocycles. The second kappa shape index (κ2) is 5.91. The van der Waals surface area contributed by atoms with E-state index in [0.29, 0.717) is 21.3 Å². The highest BCUT2D eigenvalue weighted by atomic mass is 35.5. The van der Waals surface area contributed by atoms with Gasteiger partial charge in [0, 0.05) is 28.8 Å². The van der Waals surface area contributed by atoms with E-state index in [-0.39, 0.29) is 4.91 Å². The van der Waals surface area contributed by atoms with Gasteiger partial charge in [0.2, 0.25) is 5.78 Å². The molecule has 24 heavy (non-hydrogen) atoms. The highest BCUT2D eigenvalue weighted by Crippen LogP contribution is 2.42. The topological polar surface area (TPSA) is 66.5 Å². The maximum Gasteiger partial charge on any atom is 0.270 e. The third kappa shape index (κ3) is 2.62. The molecule has 0 aliphatic carbocycles. The maximum absolute atomic E-state index is 12.8. The molecule has 3 rings (SSSR count). The van der Waals surface area contributed by atoms with Crippen LogP contribution >= 0.6 is 22.9 Å². The van der Waals surface area contributed by atoms with E-state index in [0.717, 1.165) is 10.4 Å². The first-order chi connectivity index (χ1) is 11.2. The lowest BCUT2D eigenvalue weighted by atomic mass is 10.1. The number of anilines is 2. The number of fused-ring (bicyclic) bond motifs is 1. The van der Waals surface area contributed by atoms with Gasteiger partial charge in [0.05, 0.1) is 5.56 Å². The number of allylic oxidation sites excluding steroid dienone is 1. The number of benzene rings is 1. The van der Waals surface area contributed by atoms with E-state index in [2.05, 4.69) is 5.32 Å². The number of aryl methyl sites for hydroxylation is 1. The molecule has 1 aliphatic heterocycles. The van der Waals surface area contributed by atoms with Crippen LogP contribution in [0.4, 0.5) is 10.7 Å². The summed E-state index contributed by atoms with van der Waals surface area (Å²) in [5.74, 6) is -0.480. The Labute approximate surface area is 149 Å². The van der Waals surface area contributed by atoms with Crippen LogP contribution in [0.2, 0.25) is 5.02 Å². The quantitative estimate of drug-likeness (QED) is 0.799. The van der Waals surface area contributed by atoms with Crippen molar-refractivity contribution >= 4 is 49.4 Å². The van der Waals surface area contributed by atoms with Crippen molar-refractivity contribution in [2.75, 3.05) is 16.7 Å². The predicted octanol–water partition coefficient (Wildman–Crippen LogP) is 3.93. The first kappa shape index (κ1) is 17.0. The third-order valence-corrected chi connectivity index (χ3v) is 7.37. The van der Waals surface area contributed by atoms with Gasteiger partial charge in [-0.15, -0.1) is 11.3 Å². The number of halogens is 1. The smallest absolute Gasteiger partial charge is 0.270 e. The molecule has 0 atom stereocenters. The standard InChI is InChI=1S/C16H15ClN2O3S2/c1-9-10(2)23-16-14(9)15(20)13(24(21,22)19(16)3)8-18-12-6-4-11(17)5-7-12/h4-8,18H,1-3H3/b13-8+. The van der Waals surface area contributed by atoms with E-state index in [4.69, 9.17) is 11.6 Å². The highest BCUT2D eigenvalue weighted by molar-refractivity contribution is 7.98. The number of sulfonamides is 1. The monoisotopic (exact) mass is 382 g/mol. The zero-order chi connectivity index (χ0) is 17.6. The minimum absolute atomic E-state index is 0.270. The third-order valence-electron chi connectivity index (χ3n) is 3.96. The van der Waals surface area contributed by atoms with Crippen LogP contribution in [0.1, 0.15) is 20.8 Å². The summed E-state index contributed by atoms with van der Waals surface area (Å²) >= 11 is 7.14. The summed E-state index contributed by atoms with van der Waals surface area (Å²) in [7, 11) is -2.42. The van der Waals surface area contributed by atoms with Gasteiger partial charge in [0.25, 0.3) is 10.0 Å². The number of nitrogens with one attached hydrogen (secondary N) is 1. The maximum atomic E-state index is 12.8. The van der Waals surface area contributed by atoms with Crippen molar-refractivity contribution in [1.82, 2.24) is 0 Å². The molecule has 0 spiro atoms. The van der Waals surface area contributed by atoms with Crippen molar-refractivity contribution in [2.45, 2.75) is 13.8 Å². The van der Waals surface area contributed by atoms with Crippen molar-refractivity contribution in [3.63, 3.8) is 0 Å². The summed E-state index contributed by atoms with van der Waals surface area (Å²) in [5, 5.41) is 3.90. The molecule has 2 aromatic rings. The molecule has 0 bridgehead atoms. The molecular formula is C16H15ClN2O3S2. The lowest BCUT2D eigenvalue weighted by Gasteiger charge is -2.25. The zero-order valence-electron chi connectivity index (χ0n) is 13.3. The van der Waals surface area contributed by atoms with Gasteiger partial charge < -0.3 is 5.32 Å². The summed E-state index contributed by atoms with van der Waals surface area (Å²) in [5.41, 5.74) is 1.92. The Morgan fingerprint density at radius 1 is 1.21 bits per heavy atom. The highest BCUT2D eigenvalue weighted by Gasteiger charge is 2.40. The number of rotatable bonds is 2. The van der Waals surface area contributed by atoms with E-state index in [1.54, 1.807) is 24.3 Å². The SMILES string of the molecule is Cc1sc2c(c1C)C(=O)/C(=C\Nc1ccc(Cl)cc1)S(=O)(=O)N2C. The van der Waals surface area contributed by atoms with Gasteiger partial charge >= 0.3 is 0 Å². The molecule has 0 radical (unpaired) electrons. The van der Waals surface area contributed by atoms with E-state index in [9.17, 15) is 13.2 Å². The Bertz CT molecular complexity index is 960. The fourth-order valence-electron chi connectivity index (χ4n) is 2.43. The van der Waals surface area contributed by atoms with Crippen LogP contribution in [-0.2, 0) is 10.0 Å². The number of hydrogen-bond donors (Lipinski definition) is 1. The van der Waals surface area contributed by atoms with Gasteiger partial charge in [-0.2, -0.15) is 0 Å². The Hall–Kier alpha value is -1.83.